The van der Waals surface area contributed by atoms with E-state index in [1.54, 1.807) is 18.5 Å². The Labute approximate surface area is 137 Å². The lowest BCUT2D eigenvalue weighted by Gasteiger charge is -2.01. The van der Waals surface area contributed by atoms with Crippen molar-refractivity contribution in [3.8, 4) is 11.5 Å². The highest BCUT2D eigenvalue weighted by Gasteiger charge is 2.16. The summed E-state index contributed by atoms with van der Waals surface area (Å²) < 4.78 is 10.9. The molecule has 24 heavy (non-hydrogen) atoms. The van der Waals surface area contributed by atoms with E-state index in [9.17, 15) is 4.79 Å². The molecule has 1 amide bonds. The molecule has 0 saturated heterocycles. The van der Waals surface area contributed by atoms with Crippen molar-refractivity contribution in [3.05, 3.63) is 72.2 Å². The normalized spacial score (nSPS) is 10.8. The van der Waals surface area contributed by atoms with Gasteiger partial charge in [-0.05, 0) is 23.8 Å². The molecule has 3 aromatic heterocycles. The van der Waals surface area contributed by atoms with Crippen LogP contribution >= 0.6 is 0 Å². The minimum absolute atomic E-state index is 0.203. The zero-order valence-electron chi connectivity index (χ0n) is 12.6. The largest absolute Gasteiger partial charge is 0.453 e. The fraction of sp³-hybridized carbons (Fsp3) is 0.0556. The molecule has 0 radical (unpaired) electrons. The Hall–Kier alpha value is -3.41. The van der Waals surface area contributed by atoms with Gasteiger partial charge in [-0.2, -0.15) is 0 Å². The molecule has 0 aliphatic rings. The summed E-state index contributed by atoms with van der Waals surface area (Å²) in [6.07, 6.45) is 3.38. The molecule has 3 heterocycles. The van der Waals surface area contributed by atoms with Crippen LogP contribution < -0.4 is 5.32 Å². The Balaban J connectivity index is 1.50. The molecule has 0 saturated carbocycles. The number of para-hydroxylation sites is 1. The van der Waals surface area contributed by atoms with Crippen molar-refractivity contribution in [1.82, 2.24) is 15.5 Å². The van der Waals surface area contributed by atoms with Crippen LogP contribution in [0.25, 0.3) is 22.5 Å². The van der Waals surface area contributed by atoms with E-state index in [0.29, 0.717) is 18.1 Å². The highest BCUT2D eigenvalue weighted by Crippen LogP contribution is 2.28. The average Bonchev–Trinajstić information content (AvgIpc) is 3.27. The molecule has 6 heteroatoms. The molecule has 1 N–H and O–H groups in total. The van der Waals surface area contributed by atoms with E-state index >= 15 is 0 Å². The zero-order chi connectivity index (χ0) is 16.4. The molecule has 4 aromatic rings. The second-order valence-electron chi connectivity index (χ2n) is 5.27. The lowest BCUT2D eigenvalue weighted by atomic mass is 10.2. The Morgan fingerprint density at radius 2 is 2.00 bits per heavy atom. The van der Waals surface area contributed by atoms with Crippen LogP contribution in [0, 0.1) is 0 Å². The SMILES string of the molecule is O=C(NCc1cccnc1)c1cc(-c2cc3ccccc3o2)on1. The number of carbonyl (C=O) groups is 1. The number of aromatic nitrogens is 2. The standard InChI is InChI=1S/C18H13N3O3/c22-18(20-11-12-4-3-7-19-10-12)14-9-17(24-21-14)16-8-13-5-1-2-6-15(13)23-16/h1-10H,11H2,(H,20,22). The molecular weight excluding hydrogens is 306 g/mol. The number of benzene rings is 1. The Bertz CT molecular complexity index is 956. The molecule has 0 aliphatic carbocycles. The number of pyridine rings is 1. The van der Waals surface area contributed by atoms with Crippen molar-refractivity contribution in [3.63, 3.8) is 0 Å². The molecule has 0 spiro atoms. The van der Waals surface area contributed by atoms with Gasteiger partial charge in [0, 0.05) is 30.4 Å². The van der Waals surface area contributed by atoms with Crippen molar-refractivity contribution >= 4 is 16.9 Å². The number of rotatable bonds is 4. The van der Waals surface area contributed by atoms with E-state index < -0.39 is 0 Å². The van der Waals surface area contributed by atoms with Gasteiger partial charge in [0.1, 0.15) is 5.58 Å². The summed E-state index contributed by atoms with van der Waals surface area (Å²) >= 11 is 0. The maximum Gasteiger partial charge on any atom is 0.273 e. The minimum Gasteiger partial charge on any atom is -0.453 e. The summed E-state index contributed by atoms with van der Waals surface area (Å²) in [7, 11) is 0. The molecule has 0 fully saturated rings. The summed E-state index contributed by atoms with van der Waals surface area (Å²) in [5.41, 5.74) is 1.87. The maximum absolute atomic E-state index is 12.2. The lowest BCUT2D eigenvalue weighted by Crippen LogP contribution is -2.23. The lowest BCUT2D eigenvalue weighted by molar-refractivity contribution is 0.0942. The van der Waals surface area contributed by atoms with E-state index in [2.05, 4.69) is 15.5 Å². The number of hydrogen-bond acceptors (Lipinski definition) is 5. The third kappa shape index (κ3) is 2.77. The summed E-state index contributed by atoms with van der Waals surface area (Å²) in [6.45, 7) is 0.375. The van der Waals surface area contributed by atoms with Crippen molar-refractivity contribution in [2.24, 2.45) is 0 Å². The predicted octanol–water partition coefficient (Wildman–Crippen LogP) is 3.41. The molecular formula is C18H13N3O3. The van der Waals surface area contributed by atoms with Gasteiger partial charge < -0.3 is 14.3 Å². The molecule has 0 aliphatic heterocycles. The van der Waals surface area contributed by atoms with Crippen LogP contribution in [0.15, 0.2) is 69.9 Å². The molecule has 0 atom stereocenters. The van der Waals surface area contributed by atoms with E-state index in [1.807, 2.05) is 42.5 Å². The number of nitrogens with one attached hydrogen (secondary N) is 1. The van der Waals surface area contributed by atoms with E-state index in [4.69, 9.17) is 8.94 Å². The summed E-state index contributed by atoms with van der Waals surface area (Å²) in [5, 5.41) is 7.55. The number of furan rings is 1. The van der Waals surface area contributed by atoms with Crippen molar-refractivity contribution in [2.75, 3.05) is 0 Å². The van der Waals surface area contributed by atoms with Crippen LogP contribution in [-0.2, 0) is 6.54 Å². The van der Waals surface area contributed by atoms with Gasteiger partial charge in [-0.25, -0.2) is 0 Å². The van der Waals surface area contributed by atoms with Crippen molar-refractivity contribution in [2.45, 2.75) is 6.54 Å². The van der Waals surface area contributed by atoms with Crippen molar-refractivity contribution in [1.29, 1.82) is 0 Å². The van der Waals surface area contributed by atoms with Crippen LogP contribution in [0.1, 0.15) is 16.1 Å². The first kappa shape index (κ1) is 14.2. The highest BCUT2D eigenvalue weighted by atomic mass is 16.5. The van der Waals surface area contributed by atoms with Crippen LogP contribution in [0.2, 0.25) is 0 Å². The fourth-order valence-corrected chi connectivity index (χ4v) is 2.38. The highest BCUT2D eigenvalue weighted by molar-refractivity contribution is 5.93. The molecule has 0 bridgehead atoms. The molecule has 4 rings (SSSR count). The predicted molar refractivity (Wildman–Crippen MR) is 87.1 cm³/mol. The number of carbonyl (C=O) groups excluding carboxylic acids is 1. The maximum atomic E-state index is 12.2. The van der Waals surface area contributed by atoms with Crippen LogP contribution in [-0.4, -0.2) is 16.0 Å². The third-order valence-corrected chi connectivity index (χ3v) is 3.59. The van der Waals surface area contributed by atoms with E-state index in [1.165, 1.54) is 0 Å². The smallest absolute Gasteiger partial charge is 0.273 e. The second-order valence-corrected chi connectivity index (χ2v) is 5.27. The third-order valence-electron chi connectivity index (χ3n) is 3.59. The van der Waals surface area contributed by atoms with Gasteiger partial charge in [-0.3, -0.25) is 9.78 Å². The minimum atomic E-state index is -0.315. The van der Waals surface area contributed by atoms with E-state index in [-0.39, 0.29) is 11.6 Å². The zero-order valence-corrected chi connectivity index (χ0v) is 12.6. The Morgan fingerprint density at radius 1 is 1.08 bits per heavy atom. The topological polar surface area (TPSA) is 81.2 Å². The van der Waals surface area contributed by atoms with Gasteiger partial charge in [-0.1, -0.05) is 29.4 Å². The molecule has 0 unspecified atom stereocenters. The quantitative estimate of drug-likeness (QED) is 0.623. The van der Waals surface area contributed by atoms with Crippen molar-refractivity contribution < 1.29 is 13.7 Å². The van der Waals surface area contributed by atoms with Crippen LogP contribution in [0.5, 0.6) is 0 Å². The van der Waals surface area contributed by atoms with Gasteiger partial charge in [0.05, 0.1) is 0 Å². The van der Waals surface area contributed by atoms with Gasteiger partial charge in [-0.15, -0.1) is 0 Å². The van der Waals surface area contributed by atoms with Gasteiger partial charge in [0.2, 0.25) is 5.76 Å². The number of fused-ring (bicyclic) bond motifs is 1. The summed E-state index contributed by atoms with van der Waals surface area (Å²) in [4.78, 5) is 16.2. The number of hydrogen-bond donors (Lipinski definition) is 1. The first-order chi connectivity index (χ1) is 11.8. The Morgan fingerprint density at radius 3 is 2.83 bits per heavy atom. The monoisotopic (exact) mass is 319 g/mol. The van der Waals surface area contributed by atoms with E-state index in [0.717, 1.165) is 16.5 Å². The van der Waals surface area contributed by atoms with Gasteiger partial charge >= 0.3 is 0 Å². The van der Waals surface area contributed by atoms with Gasteiger partial charge in [0.15, 0.2) is 11.5 Å². The molecule has 118 valence electrons. The fourth-order valence-electron chi connectivity index (χ4n) is 2.38. The first-order valence-corrected chi connectivity index (χ1v) is 7.42. The average molecular weight is 319 g/mol. The molecule has 6 nitrogen and oxygen atoms in total. The number of amides is 1. The summed E-state index contributed by atoms with van der Waals surface area (Å²) in [5.74, 6) is 0.637. The Kier molecular flexibility index (Phi) is 3.55. The molecule has 1 aromatic carbocycles. The van der Waals surface area contributed by atoms with Gasteiger partial charge in [0.25, 0.3) is 5.91 Å². The van der Waals surface area contributed by atoms with Crippen LogP contribution in [0.3, 0.4) is 0 Å². The first-order valence-electron chi connectivity index (χ1n) is 7.42. The number of nitrogens with zero attached hydrogens (tertiary/aromatic N) is 2. The summed E-state index contributed by atoms with van der Waals surface area (Å²) in [6, 6.07) is 14.8. The van der Waals surface area contributed by atoms with Crippen LogP contribution in [0.4, 0.5) is 0 Å². The second kappa shape index (κ2) is 6.00.